The van der Waals surface area contributed by atoms with Gasteiger partial charge < -0.3 is 16.2 Å². The van der Waals surface area contributed by atoms with Crippen molar-refractivity contribution >= 4 is 0 Å². The predicted octanol–water partition coefficient (Wildman–Crippen LogP) is 1.88. The molecule has 1 aliphatic rings. The van der Waals surface area contributed by atoms with Crippen LogP contribution in [0.15, 0.2) is 18.2 Å². The van der Waals surface area contributed by atoms with E-state index in [0.717, 1.165) is 24.8 Å². The van der Waals surface area contributed by atoms with Gasteiger partial charge in [-0.05, 0) is 31.7 Å². The van der Waals surface area contributed by atoms with Crippen LogP contribution in [0.2, 0.25) is 0 Å². The lowest BCUT2D eigenvalue weighted by Crippen LogP contribution is -2.40. The van der Waals surface area contributed by atoms with Crippen LogP contribution in [0.25, 0.3) is 0 Å². The summed E-state index contributed by atoms with van der Waals surface area (Å²) in [4.78, 5) is 0. The molecule has 4 heteroatoms. The number of hydrogen-bond acceptors (Lipinski definition) is 3. The summed E-state index contributed by atoms with van der Waals surface area (Å²) >= 11 is 0. The van der Waals surface area contributed by atoms with Crippen molar-refractivity contribution in [2.24, 2.45) is 11.7 Å². The number of halogens is 1. The maximum absolute atomic E-state index is 13.9. The molecule has 0 aliphatic heterocycles. The summed E-state index contributed by atoms with van der Waals surface area (Å²) in [5.41, 5.74) is 7.46. The van der Waals surface area contributed by atoms with E-state index in [1.54, 1.807) is 6.07 Å². The van der Waals surface area contributed by atoms with Gasteiger partial charge in [-0.15, -0.1) is 0 Å². The van der Waals surface area contributed by atoms with Crippen molar-refractivity contribution in [1.29, 1.82) is 0 Å². The average molecular weight is 266 g/mol. The summed E-state index contributed by atoms with van der Waals surface area (Å²) < 4.78 is 13.9. The molecule has 0 radical (unpaired) electrons. The fraction of sp³-hybridized carbons (Fsp3) is 0.600. The second-order valence-corrected chi connectivity index (χ2v) is 5.46. The highest BCUT2D eigenvalue weighted by atomic mass is 19.1. The maximum atomic E-state index is 13.9. The largest absolute Gasteiger partial charge is 0.396 e. The zero-order valence-electron chi connectivity index (χ0n) is 11.4. The van der Waals surface area contributed by atoms with E-state index in [4.69, 9.17) is 5.73 Å². The molecule has 3 nitrogen and oxygen atoms in total. The van der Waals surface area contributed by atoms with Crippen LogP contribution in [0.4, 0.5) is 4.39 Å². The normalized spacial score (nSPS) is 24.6. The molecular formula is C15H23FN2O. The molecule has 3 atom stereocenters. The molecule has 0 aromatic heterocycles. The van der Waals surface area contributed by atoms with E-state index in [-0.39, 0.29) is 30.4 Å². The minimum atomic E-state index is -0.216. The van der Waals surface area contributed by atoms with Crippen molar-refractivity contribution in [3.8, 4) is 0 Å². The summed E-state index contributed by atoms with van der Waals surface area (Å²) in [5, 5.41) is 12.8. The van der Waals surface area contributed by atoms with Crippen molar-refractivity contribution < 1.29 is 9.50 Å². The lowest BCUT2D eigenvalue weighted by molar-refractivity contribution is 0.199. The second kappa shape index (κ2) is 6.46. The minimum absolute atomic E-state index is 0.183. The molecule has 19 heavy (non-hydrogen) atoms. The van der Waals surface area contributed by atoms with Gasteiger partial charge in [-0.3, -0.25) is 0 Å². The molecule has 106 valence electrons. The lowest BCUT2D eigenvalue weighted by atomic mass is 9.99. The lowest BCUT2D eigenvalue weighted by Gasteiger charge is -2.26. The van der Waals surface area contributed by atoms with Gasteiger partial charge in [0.1, 0.15) is 5.82 Å². The Labute approximate surface area is 114 Å². The third kappa shape index (κ3) is 3.32. The predicted molar refractivity (Wildman–Crippen MR) is 74.3 cm³/mol. The molecule has 1 aromatic rings. The first-order valence-electron chi connectivity index (χ1n) is 6.98. The van der Waals surface area contributed by atoms with Crippen LogP contribution in [-0.4, -0.2) is 24.3 Å². The summed E-state index contributed by atoms with van der Waals surface area (Å²) in [6.07, 6.45) is 3.16. The van der Waals surface area contributed by atoms with Gasteiger partial charge in [0.05, 0.1) is 0 Å². The number of aliphatic hydroxyl groups excluding tert-OH is 1. The van der Waals surface area contributed by atoms with Gasteiger partial charge in [0.25, 0.3) is 0 Å². The second-order valence-electron chi connectivity index (χ2n) is 5.46. The molecule has 0 amide bonds. The summed E-state index contributed by atoms with van der Waals surface area (Å²) in [5.74, 6) is 0.0500. The zero-order chi connectivity index (χ0) is 13.8. The van der Waals surface area contributed by atoms with Gasteiger partial charge in [0.15, 0.2) is 0 Å². The van der Waals surface area contributed by atoms with Crippen LogP contribution >= 0.6 is 0 Å². The number of hydrogen-bond donors (Lipinski definition) is 3. The number of aryl methyl sites for hydroxylation is 1. The van der Waals surface area contributed by atoms with Crippen molar-refractivity contribution in [3.05, 3.63) is 35.1 Å². The Kier molecular flexibility index (Phi) is 4.91. The van der Waals surface area contributed by atoms with E-state index in [2.05, 4.69) is 5.32 Å². The Morgan fingerprint density at radius 3 is 2.95 bits per heavy atom. The number of benzene rings is 1. The average Bonchev–Trinajstić information content (AvgIpc) is 2.86. The van der Waals surface area contributed by atoms with E-state index in [1.807, 2.05) is 13.0 Å². The highest BCUT2D eigenvalue weighted by Gasteiger charge is 2.29. The first-order chi connectivity index (χ1) is 9.15. The van der Waals surface area contributed by atoms with Crippen LogP contribution in [0.1, 0.15) is 36.4 Å². The zero-order valence-corrected chi connectivity index (χ0v) is 11.4. The Balaban J connectivity index is 2.13. The summed E-state index contributed by atoms with van der Waals surface area (Å²) in [7, 11) is 0. The fourth-order valence-corrected chi connectivity index (χ4v) is 2.95. The first kappa shape index (κ1) is 14.4. The highest BCUT2D eigenvalue weighted by Crippen LogP contribution is 2.28. The molecule has 0 spiro atoms. The Morgan fingerprint density at radius 1 is 1.47 bits per heavy atom. The monoisotopic (exact) mass is 266 g/mol. The number of nitrogens with one attached hydrogen (secondary N) is 1. The molecule has 2 rings (SSSR count). The van der Waals surface area contributed by atoms with E-state index in [9.17, 15) is 9.50 Å². The standard InChI is InChI=1S/C15H23FN2O/c1-10-5-6-13(16)12(7-10)15(8-17)18-14-4-2-3-11(14)9-19/h5-7,11,14-15,18-19H,2-4,8-9,17H2,1H3. The first-order valence-corrected chi connectivity index (χ1v) is 6.98. The molecule has 1 fully saturated rings. The van der Waals surface area contributed by atoms with Crippen LogP contribution in [0.3, 0.4) is 0 Å². The third-order valence-corrected chi connectivity index (χ3v) is 4.07. The molecular weight excluding hydrogens is 243 g/mol. The van der Waals surface area contributed by atoms with Crippen molar-refractivity contribution in [2.45, 2.75) is 38.3 Å². The van der Waals surface area contributed by atoms with Gasteiger partial charge in [-0.25, -0.2) is 4.39 Å². The Bertz CT molecular complexity index is 425. The van der Waals surface area contributed by atoms with Gasteiger partial charge in [0, 0.05) is 30.8 Å². The summed E-state index contributed by atoms with van der Waals surface area (Å²) in [6, 6.07) is 5.16. The van der Waals surface area contributed by atoms with Gasteiger partial charge in [-0.1, -0.05) is 24.1 Å². The van der Waals surface area contributed by atoms with Gasteiger partial charge in [0.2, 0.25) is 0 Å². The Morgan fingerprint density at radius 2 is 2.26 bits per heavy atom. The van der Waals surface area contributed by atoms with E-state index >= 15 is 0 Å². The number of aliphatic hydroxyl groups is 1. The molecule has 1 saturated carbocycles. The molecule has 1 aliphatic carbocycles. The van der Waals surface area contributed by atoms with Crippen LogP contribution in [0, 0.1) is 18.7 Å². The van der Waals surface area contributed by atoms with Crippen LogP contribution < -0.4 is 11.1 Å². The quantitative estimate of drug-likeness (QED) is 0.762. The van der Waals surface area contributed by atoms with E-state index < -0.39 is 0 Å². The molecule has 0 bridgehead atoms. The van der Waals surface area contributed by atoms with Crippen molar-refractivity contribution in [3.63, 3.8) is 0 Å². The smallest absolute Gasteiger partial charge is 0.128 e. The number of rotatable bonds is 5. The van der Waals surface area contributed by atoms with E-state index in [1.165, 1.54) is 6.07 Å². The summed E-state index contributed by atoms with van der Waals surface area (Å²) in [6.45, 7) is 2.49. The SMILES string of the molecule is Cc1ccc(F)c(C(CN)NC2CCCC2CO)c1. The number of nitrogens with two attached hydrogens (primary N) is 1. The highest BCUT2D eigenvalue weighted by molar-refractivity contribution is 5.27. The van der Waals surface area contributed by atoms with Crippen molar-refractivity contribution in [2.75, 3.05) is 13.2 Å². The topological polar surface area (TPSA) is 58.3 Å². The van der Waals surface area contributed by atoms with Crippen LogP contribution in [-0.2, 0) is 0 Å². The molecule has 1 aromatic carbocycles. The molecule has 4 N–H and O–H groups in total. The Hall–Kier alpha value is -0.970. The van der Waals surface area contributed by atoms with Gasteiger partial charge in [-0.2, -0.15) is 0 Å². The fourth-order valence-electron chi connectivity index (χ4n) is 2.95. The van der Waals surface area contributed by atoms with Crippen LogP contribution in [0.5, 0.6) is 0 Å². The minimum Gasteiger partial charge on any atom is -0.396 e. The molecule has 3 unspecified atom stereocenters. The van der Waals surface area contributed by atoms with Gasteiger partial charge >= 0.3 is 0 Å². The molecule has 0 saturated heterocycles. The third-order valence-electron chi connectivity index (χ3n) is 4.07. The molecule has 0 heterocycles. The van der Waals surface area contributed by atoms with E-state index in [0.29, 0.717) is 12.1 Å². The van der Waals surface area contributed by atoms with Crippen molar-refractivity contribution in [1.82, 2.24) is 5.32 Å². The maximum Gasteiger partial charge on any atom is 0.128 e.